The molecule has 2 aromatic heterocycles. The molecule has 0 aliphatic carbocycles. The number of anilines is 1. The van der Waals surface area contributed by atoms with E-state index in [0.29, 0.717) is 37.3 Å². The van der Waals surface area contributed by atoms with Gasteiger partial charge in [0.25, 0.3) is 5.91 Å². The van der Waals surface area contributed by atoms with E-state index >= 15 is 0 Å². The zero-order chi connectivity index (χ0) is 25.5. The van der Waals surface area contributed by atoms with Crippen molar-refractivity contribution in [2.45, 2.75) is 31.6 Å². The van der Waals surface area contributed by atoms with Crippen molar-refractivity contribution in [3.8, 4) is 0 Å². The molecule has 1 atom stereocenters. The molecule has 1 unspecified atom stereocenters. The number of nitrogens with one attached hydrogen (secondary N) is 4. The number of hydrazine groups is 1. The molecule has 0 aliphatic rings. The Morgan fingerprint density at radius 1 is 1.06 bits per heavy atom. The van der Waals surface area contributed by atoms with Gasteiger partial charge in [0.1, 0.15) is 5.82 Å². The number of H-pyrrole nitrogens is 1. The van der Waals surface area contributed by atoms with Gasteiger partial charge in [0.2, 0.25) is 5.95 Å². The van der Waals surface area contributed by atoms with Crippen LogP contribution < -0.4 is 21.9 Å². The van der Waals surface area contributed by atoms with Crippen LogP contribution >= 0.6 is 0 Å². The van der Waals surface area contributed by atoms with Crippen LogP contribution in [0.5, 0.6) is 0 Å². The Labute approximate surface area is 204 Å². The molecule has 188 valence electrons. The van der Waals surface area contributed by atoms with Crippen molar-refractivity contribution in [1.29, 1.82) is 0 Å². The zero-order valence-electron chi connectivity index (χ0n) is 19.1. The van der Waals surface area contributed by atoms with Gasteiger partial charge in [0.05, 0.1) is 22.6 Å². The number of hydrogen-bond acceptors (Lipinski definition) is 7. The number of rotatable bonds is 10. The van der Waals surface area contributed by atoms with Crippen molar-refractivity contribution >= 4 is 22.9 Å². The fourth-order valence-corrected chi connectivity index (χ4v) is 3.62. The molecular weight excluding hydrogens is 473 g/mol. The molecule has 0 saturated heterocycles. The first-order chi connectivity index (χ1) is 17.3. The predicted molar refractivity (Wildman–Crippen MR) is 129 cm³/mol. The molecule has 0 aliphatic heterocycles. The number of hydrogen-bond donors (Lipinski definition) is 5. The van der Waals surface area contributed by atoms with Gasteiger partial charge in [-0.1, -0.05) is 42.5 Å². The van der Waals surface area contributed by atoms with Crippen molar-refractivity contribution in [3.63, 3.8) is 0 Å². The maximum absolute atomic E-state index is 13.8. The van der Waals surface area contributed by atoms with Crippen LogP contribution in [0.2, 0.25) is 0 Å². The van der Waals surface area contributed by atoms with Gasteiger partial charge in [0, 0.05) is 12.7 Å². The number of benzene rings is 2. The van der Waals surface area contributed by atoms with E-state index in [9.17, 15) is 18.0 Å². The van der Waals surface area contributed by atoms with E-state index < -0.39 is 29.4 Å². The van der Waals surface area contributed by atoms with Gasteiger partial charge in [-0.3, -0.25) is 10.2 Å². The Kier molecular flexibility index (Phi) is 7.76. The molecular formula is C24H25F3N8O. The highest BCUT2D eigenvalue weighted by Gasteiger charge is 2.38. The maximum Gasteiger partial charge on any atom is 0.434 e. The van der Waals surface area contributed by atoms with Gasteiger partial charge in [-0.05, 0) is 37.1 Å². The molecule has 12 heteroatoms. The summed E-state index contributed by atoms with van der Waals surface area (Å²) in [4.78, 5) is 28.0. The Bertz CT molecular complexity index is 1280. The van der Waals surface area contributed by atoms with Gasteiger partial charge in [-0.2, -0.15) is 13.2 Å². The number of para-hydroxylation sites is 2. The van der Waals surface area contributed by atoms with E-state index in [4.69, 9.17) is 5.73 Å². The number of fused-ring (bicyclic) bond motifs is 1. The molecule has 2 heterocycles. The first-order valence-electron chi connectivity index (χ1n) is 11.3. The molecule has 9 nitrogen and oxygen atoms in total. The highest BCUT2D eigenvalue weighted by Crippen LogP contribution is 2.31. The summed E-state index contributed by atoms with van der Waals surface area (Å²) >= 11 is 0. The zero-order valence-corrected chi connectivity index (χ0v) is 19.1. The minimum absolute atomic E-state index is 0.313. The van der Waals surface area contributed by atoms with Crippen molar-refractivity contribution in [2.24, 2.45) is 5.73 Å². The first-order valence-corrected chi connectivity index (χ1v) is 11.3. The molecule has 4 rings (SSSR count). The van der Waals surface area contributed by atoms with Gasteiger partial charge < -0.3 is 16.0 Å². The number of aromatic amines is 1. The quantitative estimate of drug-likeness (QED) is 0.211. The van der Waals surface area contributed by atoms with Crippen LogP contribution in [0.3, 0.4) is 0 Å². The van der Waals surface area contributed by atoms with Crippen molar-refractivity contribution < 1.29 is 18.0 Å². The Morgan fingerprint density at radius 3 is 2.53 bits per heavy atom. The third-order valence-electron chi connectivity index (χ3n) is 5.38. The number of carbonyl (C=O) groups excluding carboxylic acids is 1. The summed E-state index contributed by atoms with van der Waals surface area (Å²) < 4.78 is 41.5. The number of carbonyl (C=O) groups is 1. The van der Waals surface area contributed by atoms with Gasteiger partial charge in [-0.15, -0.1) is 0 Å². The Morgan fingerprint density at radius 2 is 1.81 bits per heavy atom. The fraction of sp³-hybridized carbons (Fsp3) is 0.250. The molecule has 4 aromatic rings. The summed E-state index contributed by atoms with van der Waals surface area (Å²) in [5.41, 5.74) is 11.2. The van der Waals surface area contributed by atoms with Gasteiger partial charge in [-0.25, -0.2) is 20.4 Å². The highest BCUT2D eigenvalue weighted by molar-refractivity contribution is 5.95. The first kappa shape index (κ1) is 25.1. The van der Waals surface area contributed by atoms with Crippen LogP contribution in [0, 0.1) is 0 Å². The molecule has 2 aromatic carbocycles. The van der Waals surface area contributed by atoms with E-state index in [1.807, 2.05) is 48.5 Å². The summed E-state index contributed by atoms with van der Waals surface area (Å²) in [7, 11) is 0. The molecule has 1 amide bonds. The van der Waals surface area contributed by atoms with Crippen LogP contribution in [-0.4, -0.2) is 32.4 Å². The second kappa shape index (κ2) is 11.1. The minimum Gasteiger partial charge on any atom is -0.342 e. The molecule has 0 fully saturated rings. The monoisotopic (exact) mass is 498 g/mol. The third-order valence-corrected chi connectivity index (χ3v) is 5.38. The molecule has 0 radical (unpaired) electrons. The van der Waals surface area contributed by atoms with Crippen LogP contribution in [-0.2, 0) is 12.7 Å². The maximum atomic E-state index is 13.8. The fourth-order valence-electron chi connectivity index (χ4n) is 3.62. The van der Waals surface area contributed by atoms with Crippen molar-refractivity contribution in [2.75, 3.05) is 12.0 Å². The average molecular weight is 499 g/mol. The second-order valence-corrected chi connectivity index (χ2v) is 8.01. The SMILES string of the molecule is NCCCC(NC(=O)c1cnc(NNCc2ccccc2)nc1C(F)(F)F)c1nc2ccccc2[nH]1. The predicted octanol–water partition coefficient (Wildman–Crippen LogP) is 3.70. The van der Waals surface area contributed by atoms with Gasteiger partial charge in [0.15, 0.2) is 5.69 Å². The second-order valence-electron chi connectivity index (χ2n) is 8.01. The average Bonchev–Trinajstić information content (AvgIpc) is 3.31. The van der Waals surface area contributed by atoms with Crippen LogP contribution in [0.25, 0.3) is 11.0 Å². The Balaban J connectivity index is 1.53. The summed E-state index contributed by atoms with van der Waals surface area (Å²) in [6.45, 7) is 0.675. The number of imidazole rings is 1. The molecule has 0 saturated carbocycles. The van der Waals surface area contributed by atoms with Crippen LogP contribution in [0.4, 0.5) is 19.1 Å². The number of amides is 1. The Hall–Kier alpha value is -4.03. The number of halogens is 3. The number of aromatic nitrogens is 4. The van der Waals surface area contributed by atoms with E-state index in [1.54, 1.807) is 6.07 Å². The van der Waals surface area contributed by atoms with Crippen LogP contribution in [0.1, 0.15) is 46.3 Å². The largest absolute Gasteiger partial charge is 0.434 e. The van der Waals surface area contributed by atoms with Crippen molar-refractivity contribution in [1.82, 2.24) is 30.7 Å². The third kappa shape index (κ3) is 6.15. The lowest BCUT2D eigenvalue weighted by molar-refractivity contribution is -0.141. The number of nitrogens with two attached hydrogens (primary N) is 1. The number of nitrogens with zero attached hydrogens (tertiary/aromatic N) is 3. The molecule has 6 N–H and O–H groups in total. The van der Waals surface area contributed by atoms with E-state index in [1.165, 1.54) is 0 Å². The summed E-state index contributed by atoms with van der Waals surface area (Å²) in [5.74, 6) is -0.851. The highest BCUT2D eigenvalue weighted by atomic mass is 19.4. The van der Waals surface area contributed by atoms with E-state index in [0.717, 1.165) is 17.3 Å². The van der Waals surface area contributed by atoms with Gasteiger partial charge >= 0.3 is 6.18 Å². The standard InChI is InChI=1S/C24H25F3N8O/c25-24(26,27)20-16(14-29-23(34-20)35-30-13-15-7-2-1-3-8-15)22(36)33-19(11-6-12-28)21-31-17-9-4-5-10-18(17)32-21/h1-5,7-10,14,19,30H,6,11-13,28H2,(H,31,32)(H,33,36)(H,29,34,35). The smallest absolute Gasteiger partial charge is 0.342 e. The summed E-state index contributed by atoms with van der Waals surface area (Å²) in [6, 6.07) is 15.8. The van der Waals surface area contributed by atoms with E-state index in [-0.39, 0.29) is 5.95 Å². The summed E-state index contributed by atoms with van der Waals surface area (Å²) in [6.07, 6.45) is -3.11. The molecule has 0 spiro atoms. The lowest BCUT2D eigenvalue weighted by Gasteiger charge is -2.18. The minimum atomic E-state index is -4.88. The molecule has 0 bridgehead atoms. The summed E-state index contributed by atoms with van der Waals surface area (Å²) in [5, 5.41) is 2.64. The van der Waals surface area contributed by atoms with Crippen LogP contribution in [0.15, 0.2) is 60.8 Å². The van der Waals surface area contributed by atoms with E-state index in [2.05, 4.69) is 36.1 Å². The van der Waals surface area contributed by atoms with Crippen molar-refractivity contribution in [3.05, 3.63) is 83.4 Å². The number of alkyl halides is 3. The normalized spacial score (nSPS) is 12.4. The topological polar surface area (TPSA) is 134 Å². The lowest BCUT2D eigenvalue weighted by atomic mass is 10.1. The lowest BCUT2D eigenvalue weighted by Crippen LogP contribution is -2.32. The molecule has 36 heavy (non-hydrogen) atoms.